The van der Waals surface area contributed by atoms with Crippen LogP contribution >= 0.6 is 35.0 Å². The van der Waals surface area contributed by atoms with Crippen molar-refractivity contribution in [2.24, 2.45) is 0 Å². The van der Waals surface area contributed by atoms with Gasteiger partial charge in [0.15, 0.2) is 0 Å². The molecule has 128 valence electrons. The van der Waals surface area contributed by atoms with Crippen molar-refractivity contribution in [1.82, 2.24) is 5.32 Å². The Morgan fingerprint density at radius 2 is 2.04 bits per heavy atom. The van der Waals surface area contributed by atoms with Gasteiger partial charge in [0.25, 0.3) is 0 Å². The second kappa shape index (κ2) is 10.4. The molecule has 0 saturated carbocycles. The summed E-state index contributed by atoms with van der Waals surface area (Å²) >= 11 is 13.6. The molecule has 1 fully saturated rings. The molecule has 1 amide bonds. The van der Waals surface area contributed by atoms with Crippen LogP contribution in [0.25, 0.3) is 0 Å². The van der Waals surface area contributed by atoms with Crippen molar-refractivity contribution in [1.29, 1.82) is 0 Å². The Kier molecular flexibility index (Phi) is 8.55. The number of thioether (sulfide) groups is 1. The van der Waals surface area contributed by atoms with E-state index in [2.05, 4.69) is 5.32 Å². The lowest BCUT2D eigenvalue weighted by molar-refractivity contribution is -0.906. The molecule has 7 heteroatoms. The lowest BCUT2D eigenvalue weighted by atomic mass is 10.2. The van der Waals surface area contributed by atoms with Crippen molar-refractivity contribution in [3.63, 3.8) is 0 Å². The fourth-order valence-electron chi connectivity index (χ4n) is 2.36. The zero-order valence-electron chi connectivity index (χ0n) is 13.1. The molecule has 0 spiro atoms. The monoisotopic (exact) mass is 377 g/mol. The van der Waals surface area contributed by atoms with Crippen molar-refractivity contribution in [2.75, 3.05) is 45.1 Å². The molecule has 2 N–H and O–H groups in total. The molecule has 0 bridgehead atoms. The average Bonchev–Trinajstić information content (AvgIpc) is 2.56. The summed E-state index contributed by atoms with van der Waals surface area (Å²) in [6.45, 7) is 5.45. The van der Waals surface area contributed by atoms with E-state index in [9.17, 15) is 4.79 Å². The average molecular weight is 378 g/mol. The van der Waals surface area contributed by atoms with Crippen LogP contribution in [0.4, 0.5) is 0 Å². The van der Waals surface area contributed by atoms with Crippen molar-refractivity contribution < 1.29 is 14.4 Å². The van der Waals surface area contributed by atoms with E-state index in [4.69, 9.17) is 27.9 Å². The molecule has 0 radical (unpaired) electrons. The molecule has 23 heavy (non-hydrogen) atoms. The number of rotatable bonds is 8. The second-order valence-electron chi connectivity index (χ2n) is 5.51. The summed E-state index contributed by atoms with van der Waals surface area (Å²) in [6, 6.07) is 5.65. The van der Waals surface area contributed by atoms with Gasteiger partial charge < -0.3 is 15.0 Å². The topological polar surface area (TPSA) is 42.8 Å². The Bertz CT molecular complexity index is 511. The summed E-state index contributed by atoms with van der Waals surface area (Å²) in [7, 11) is 0. The molecule has 1 saturated heterocycles. The van der Waals surface area contributed by atoms with E-state index in [0.29, 0.717) is 16.5 Å². The number of morpholine rings is 1. The first-order valence-electron chi connectivity index (χ1n) is 7.85. The van der Waals surface area contributed by atoms with Gasteiger partial charge in [-0.25, -0.2) is 0 Å². The van der Waals surface area contributed by atoms with Crippen molar-refractivity contribution in [3.8, 4) is 0 Å². The number of halogens is 2. The minimum Gasteiger partial charge on any atom is -0.370 e. The van der Waals surface area contributed by atoms with Crippen LogP contribution in [0.3, 0.4) is 0 Å². The highest BCUT2D eigenvalue weighted by atomic mass is 35.5. The van der Waals surface area contributed by atoms with Crippen LogP contribution in [0.5, 0.6) is 0 Å². The van der Waals surface area contributed by atoms with Gasteiger partial charge in [-0.2, -0.15) is 11.8 Å². The minimum atomic E-state index is 0.124. The number of carbonyl (C=O) groups is 1. The normalized spacial score (nSPS) is 15.6. The Hall–Kier alpha value is -0.460. The quantitative estimate of drug-likeness (QED) is 0.676. The van der Waals surface area contributed by atoms with Gasteiger partial charge in [0.1, 0.15) is 13.1 Å². The fourth-order valence-corrected chi connectivity index (χ4v) is 3.57. The highest BCUT2D eigenvalue weighted by Crippen LogP contribution is 2.24. The molecule has 0 aliphatic carbocycles. The van der Waals surface area contributed by atoms with E-state index in [1.165, 1.54) is 4.90 Å². The summed E-state index contributed by atoms with van der Waals surface area (Å²) < 4.78 is 5.32. The second-order valence-corrected chi connectivity index (χ2v) is 7.43. The Labute approximate surface area is 151 Å². The number of benzene rings is 1. The first kappa shape index (κ1) is 18.9. The molecule has 4 nitrogen and oxygen atoms in total. The number of hydrogen-bond donors (Lipinski definition) is 2. The number of ether oxygens (including phenoxy) is 1. The SMILES string of the molecule is O=C(CCSCc1ccc(Cl)c(Cl)c1)NCC[NH+]1CCOCC1. The predicted octanol–water partition coefficient (Wildman–Crippen LogP) is 1.65. The Morgan fingerprint density at radius 1 is 1.26 bits per heavy atom. The van der Waals surface area contributed by atoms with Crippen LogP contribution in [-0.2, 0) is 15.3 Å². The third kappa shape index (κ3) is 7.31. The van der Waals surface area contributed by atoms with E-state index in [-0.39, 0.29) is 5.91 Å². The molecular weight excluding hydrogens is 355 g/mol. The van der Waals surface area contributed by atoms with Crippen LogP contribution in [0.15, 0.2) is 18.2 Å². The van der Waals surface area contributed by atoms with Gasteiger partial charge in [0.2, 0.25) is 5.91 Å². The zero-order valence-corrected chi connectivity index (χ0v) is 15.4. The summed E-state index contributed by atoms with van der Waals surface area (Å²) in [5.74, 6) is 1.76. The molecule has 0 atom stereocenters. The van der Waals surface area contributed by atoms with E-state index in [1.807, 2.05) is 12.1 Å². The van der Waals surface area contributed by atoms with Gasteiger partial charge in [0.05, 0.1) is 36.3 Å². The van der Waals surface area contributed by atoms with Gasteiger partial charge in [-0.1, -0.05) is 29.3 Å². The number of hydrogen-bond acceptors (Lipinski definition) is 3. The number of quaternary nitrogens is 1. The molecule has 0 unspecified atom stereocenters. The summed E-state index contributed by atoms with van der Waals surface area (Å²) in [4.78, 5) is 13.3. The van der Waals surface area contributed by atoms with Crippen molar-refractivity contribution in [3.05, 3.63) is 33.8 Å². The first-order chi connectivity index (χ1) is 11.1. The van der Waals surface area contributed by atoms with Crippen LogP contribution in [0, 0.1) is 0 Å². The molecule has 2 rings (SSSR count). The highest BCUT2D eigenvalue weighted by molar-refractivity contribution is 7.98. The van der Waals surface area contributed by atoms with Crippen LogP contribution < -0.4 is 10.2 Å². The summed E-state index contributed by atoms with van der Waals surface area (Å²) in [5, 5.41) is 4.14. The maximum atomic E-state index is 11.8. The molecule has 1 heterocycles. The minimum absolute atomic E-state index is 0.124. The third-order valence-electron chi connectivity index (χ3n) is 3.73. The van der Waals surface area contributed by atoms with Gasteiger partial charge in [0, 0.05) is 17.9 Å². The van der Waals surface area contributed by atoms with Crippen molar-refractivity contribution in [2.45, 2.75) is 12.2 Å². The Balaban J connectivity index is 1.53. The zero-order chi connectivity index (χ0) is 16.5. The molecule has 1 aromatic rings. The van der Waals surface area contributed by atoms with Gasteiger partial charge in [-0.05, 0) is 17.7 Å². The Morgan fingerprint density at radius 3 is 2.78 bits per heavy atom. The molecule has 0 aromatic heterocycles. The van der Waals surface area contributed by atoms with Crippen LogP contribution in [0.1, 0.15) is 12.0 Å². The smallest absolute Gasteiger partial charge is 0.221 e. The number of amides is 1. The van der Waals surface area contributed by atoms with Crippen LogP contribution in [0.2, 0.25) is 10.0 Å². The first-order valence-corrected chi connectivity index (χ1v) is 9.76. The predicted molar refractivity (Wildman–Crippen MR) is 96.6 cm³/mol. The van der Waals surface area contributed by atoms with E-state index in [0.717, 1.165) is 56.5 Å². The van der Waals surface area contributed by atoms with Crippen molar-refractivity contribution >= 4 is 40.9 Å². The third-order valence-corrected chi connectivity index (χ3v) is 5.50. The maximum absolute atomic E-state index is 11.8. The van der Waals surface area contributed by atoms with E-state index in [1.54, 1.807) is 17.8 Å². The molecule has 1 aliphatic heterocycles. The van der Waals surface area contributed by atoms with E-state index >= 15 is 0 Å². The number of nitrogens with one attached hydrogen (secondary N) is 2. The van der Waals surface area contributed by atoms with Gasteiger partial charge in [-0.3, -0.25) is 4.79 Å². The molecule has 1 aromatic carbocycles. The number of carbonyl (C=O) groups excluding carboxylic acids is 1. The highest BCUT2D eigenvalue weighted by Gasteiger charge is 2.13. The lowest BCUT2D eigenvalue weighted by Gasteiger charge is -2.23. The summed E-state index contributed by atoms with van der Waals surface area (Å²) in [6.07, 6.45) is 0.546. The standard InChI is InChI=1S/C16H22Cl2N2O2S/c17-14-2-1-13(11-15(14)18)12-23-10-3-16(21)19-4-5-20-6-8-22-9-7-20/h1-2,11H,3-10,12H2,(H,19,21)/p+1. The van der Waals surface area contributed by atoms with Crippen LogP contribution in [-0.4, -0.2) is 51.1 Å². The molecule has 1 aliphatic rings. The summed E-state index contributed by atoms with van der Waals surface area (Å²) in [5.41, 5.74) is 1.13. The lowest BCUT2D eigenvalue weighted by Crippen LogP contribution is -3.14. The largest absolute Gasteiger partial charge is 0.370 e. The molecular formula is C16H23Cl2N2O2S+. The maximum Gasteiger partial charge on any atom is 0.221 e. The van der Waals surface area contributed by atoms with Gasteiger partial charge in [-0.15, -0.1) is 0 Å². The fraction of sp³-hybridized carbons (Fsp3) is 0.562. The van der Waals surface area contributed by atoms with E-state index < -0.39 is 0 Å². The van der Waals surface area contributed by atoms with Gasteiger partial charge >= 0.3 is 0 Å².